The van der Waals surface area contributed by atoms with Gasteiger partial charge in [0.05, 0.1) is 6.61 Å². The zero-order valence-corrected chi connectivity index (χ0v) is 12.2. The van der Waals surface area contributed by atoms with Crippen molar-refractivity contribution in [2.45, 2.75) is 52.5 Å². The summed E-state index contributed by atoms with van der Waals surface area (Å²) in [7, 11) is 0. The van der Waals surface area contributed by atoms with Crippen molar-refractivity contribution in [3.8, 4) is 5.75 Å². The highest BCUT2D eigenvalue weighted by atomic mass is 16.5. The zero-order valence-electron chi connectivity index (χ0n) is 12.2. The van der Waals surface area contributed by atoms with Crippen LogP contribution >= 0.6 is 0 Å². The van der Waals surface area contributed by atoms with Crippen LogP contribution in [0.15, 0.2) is 24.3 Å². The Morgan fingerprint density at radius 3 is 2.50 bits per heavy atom. The van der Waals surface area contributed by atoms with Crippen LogP contribution in [0.2, 0.25) is 0 Å². The molecule has 0 amide bonds. The van der Waals surface area contributed by atoms with E-state index in [0.29, 0.717) is 12.0 Å². The van der Waals surface area contributed by atoms with Crippen LogP contribution in [0.5, 0.6) is 5.75 Å². The van der Waals surface area contributed by atoms with E-state index >= 15 is 0 Å². The molecule has 0 aliphatic carbocycles. The Hall–Kier alpha value is -1.02. The first kappa shape index (κ1) is 15.0. The van der Waals surface area contributed by atoms with Crippen LogP contribution in [-0.2, 0) is 0 Å². The number of benzene rings is 1. The minimum atomic E-state index is 0.479. The van der Waals surface area contributed by atoms with Gasteiger partial charge in [-0.05, 0) is 31.5 Å². The van der Waals surface area contributed by atoms with Crippen molar-refractivity contribution in [2.24, 2.45) is 0 Å². The van der Waals surface area contributed by atoms with E-state index in [2.05, 4.69) is 44.3 Å². The summed E-state index contributed by atoms with van der Waals surface area (Å²) < 4.78 is 5.74. The number of likely N-dealkylation sites (N-methyl/N-ethyl adjacent to an activating group) is 1. The van der Waals surface area contributed by atoms with Crippen molar-refractivity contribution in [1.82, 2.24) is 5.32 Å². The minimum Gasteiger partial charge on any atom is -0.494 e. The number of rotatable bonds is 8. The molecule has 0 heterocycles. The molecule has 2 heteroatoms. The summed E-state index contributed by atoms with van der Waals surface area (Å²) >= 11 is 0. The summed E-state index contributed by atoms with van der Waals surface area (Å²) in [6.07, 6.45) is 2.41. The van der Waals surface area contributed by atoms with Crippen molar-refractivity contribution >= 4 is 0 Å². The molecule has 1 aromatic rings. The Kier molecular flexibility index (Phi) is 6.81. The van der Waals surface area contributed by atoms with Crippen molar-refractivity contribution in [3.05, 3.63) is 29.8 Å². The summed E-state index contributed by atoms with van der Waals surface area (Å²) in [6, 6.07) is 8.94. The van der Waals surface area contributed by atoms with Gasteiger partial charge < -0.3 is 10.1 Å². The van der Waals surface area contributed by atoms with Gasteiger partial charge in [-0.1, -0.05) is 45.4 Å². The molecule has 0 radical (unpaired) electrons. The first-order chi connectivity index (χ1) is 8.74. The number of para-hydroxylation sites is 1. The van der Waals surface area contributed by atoms with E-state index in [-0.39, 0.29) is 0 Å². The lowest BCUT2D eigenvalue weighted by Crippen LogP contribution is -2.33. The quantitative estimate of drug-likeness (QED) is 0.753. The molecule has 0 bridgehead atoms. The van der Waals surface area contributed by atoms with Crippen LogP contribution < -0.4 is 10.1 Å². The average Bonchev–Trinajstić information content (AvgIpc) is 2.39. The third-order valence-electron chi connectivity index (χ3n) is 3.38. The van der Waals surface area contributed by atoms with Crippen molar-refractivity contribution in [2.75, 3.05) is 13.2 Å². The van der Waals surface area contributed by atoms with E-state index in [1.165, 1.54) is 18.4 Å². The predicted molar refractivity (Wildman–Crippen MR) is 78.4 cm³/mol. The van der Waals surface area contributed by atoms with Gasteiger partial charge in [-0.15, -0.1) is 0 Å². The predicted octanol–water partition coefficient (Wildman–Crippen LogP) is 3.97. The molecule has 0 saturated heterocycles. The van der Waals surface area contributed by atoms with Crippen LogP contribution in [0.3, 0.4) is 0 Å². The normalized spacial score (nSPS) is 14.2. The van der Waals surface area contributed by atoms with E-state index in [0.717, 1.165) is 18.9 Å². The topological polar surface area (TPSA) is 21.3 Å². The SMILES string of the molecule is CCCC(NCC)C(C)c1ccccc1OCC. The molecule has 0 saturated carbocycles. The second kappa shape index (κ2) is 8.15. The van der Waals surface area contributed by atoms with Crippen LogP contribution in [-0.4, -0.2) is 19.2 Å². The second-order valence-electron chi connectivity index (χ2n) is 4.71. The molecule has 102 valence electrons. The third-order valence-corrected chi connectivity index (χ3v) is 3.38. The highest BCUT2D eigenvalue weighted by molar-refractivity contribution is 5.36. The van der Waals surface area contributed by atoms with E-state index in [4.69, 9.17) is 4.74 Å². The summed E-state index contributed by atoms with van der Waals surface area (Å²) in [5.74, 6) is 1.51. The molecule has 2 nitrogen and oxygen atoms in total. The lowest BCUT2D eigenvalue weighted by atomic mass is 9.90. The van der Waals surface area contributed by atoms with Gasteiger partial charge in [0.25, 0.3) is 0 Å². The Morgan fingerprint density at radius 2 is 1.89 bits per heavy atom. The van der Waals surface area contributed by atoms with Gasteiger partial charge in [-0.2, -0.15) is 0 Å². The third kappa shape index (κ3) is 4.02. The summed E-state index contributed by atoms with van der Waals surface area (Å²) in [5.41, 5.74) is 1.32. The van der Waals surface area contributed by atoms with Gasteiger partial charge >= 0.3 is 0 Å². The zero-order chi connectivity index (χ0) is 13.4. The van der Waals surface area contributed by atoms with Crippen molar-refractivity contribution in [3.63, 3.8) is 0 Å². The summed E-state index contributed by atoms with van der Waals surface area (Å²) in [4.78, 5) is 0. The van der Waals surface area contributed by atoms with E-state index in [9.17, 15) is 0 Å². The highest BCUT2D eigenvalue weighted by Gasteiger charge is 2.20. The first-order valence-electron chi connectivity index (χ1n) is 7.19. The average molecular weight is 249 g/mol. The van der Waals surface area contributed by atoms with Gasteiger partial charge in [0, 0.05) is 12.0 Å². The van der Waals surface area contributed by atoms with Gasteiger partial charge in [-0.25, -0.2) is 0 Å². The molecule has 1 rings (SSSR count). The van der Waals surface area contributed by atoms with Crippen molar-refractivity contribution < 1.29 is 4.74 Å². The van der Waals surface area contributed by atoms with E-state index in [1.54, 1.807) is 0 Å². The largest absolute Gasteiger partial charge is 0.494 e. The fourth-order valence-electron chi connectivity index (χ4n) is 2.46. The number of nitrogens with one attached hydrogen (secondary N) is 1. The lowest BCUT2D eigenvalue weighted by Gasteiger charge is -2.26. The fraction of sp³-hybridized carbons (Fsp3) is 0.625. The molecule has 2 unspecified atom stereocenters. The fourth-order valence-corrected chi connectivity index (χ4v) is 2.46. The lowest BCUT2D eigenvalue weighted by molar-refractivity contribution is 0.328. The Morgan fingerprint density at radius 1 is 1.17 bits per heavy atom. The molecular weight excluding hydrogens is 222 g/mol. The maximum Gasteiger partial charge on any atom is 0.122 e. The van der Waals surface area contributed by atoms with Crippen LogP contribution in [0.4, 0.5) is 0 Å². The number of hydrogen-bond acceptors (Lipinski definition) is 2. The van der Waals surface area contributed by atoms with Gasteiger partial charge in [0.2, 0.25) is 0 Å². The van der Waals surface area contributed by atoms with Crippen LogP contribution in [0.1, 0.15) is 52.0 Å². The number of ether oxygens (including phenoxy) is 1. The highest BCUT2D eigenvalue weighted by Crippen LogP contribution is 2.30. The Balaban J connectivity index is 2.88. The maximum atomic E-state index is 5.74. The molecule has 0 spiro atoms. The van der Waals surface area contributed by atoms with Gasteiger partial charge in [0.1, 0.15) is 5.75 Å². The second-order valence-corrected chi connectivity index (χ2v) is 4.71. The molecule has 18 heavy (non-hydrogen) atoms. The molecule has 0 aliphatic rings. The molecule has 2 atom stereocenters. The van der Waals surface area contributed by atoms with Crippen LogP contribution in [0, 0.1) is 0 Å². The van der Waals surface area contributed by atoms with Crippen LogP contribution in [0.25, 0.3) is 0 Å². The molecular formula is C16H27NO. The smallest absolute Gasteiger partial charge is 0.122 e. The summed E-state index contributed by atoms with van der Waals surface area (Å²) in [5, 5.41) is 3.60. The Bertz CT molecular complexity index is 332. The maximum absolute atomic E-state index is 5.74. The molecule has 0 fully saturated rings. The minimum absolute atomic E-state index is 0.479. The molecule has 1 aromatic carbocycles. The van der Waals surface area contributed by atoms with E-state index < -0.39 is 0 Å². The van der Waals surface area contributed by atoms with E-state index in [1.807, 2.05) is 13.0 Å². The number of hydrogen-bond donors (Lipinski definition) is 1. The van der Waals surface area contributed by atoms with Crippen molar-refractivity contribution in [1.29, 1.82) is 0 Å². The summed E-state index contributed by atoms with van der Waals surface area (Å²) in [6.45, 7) is 10.5. The molecule has 0 aliphatic heterocycles. The molecule has 1 N–H and O–H groups in total. The van der Waals surface area contributed by atoms with Gasteiger partial charge in [0.15, 0.2) is 0 Å². The Labute approximate surface area is 112 Å². The first-order valence-corrected chi connectivity index (χ1v) is 7.19. The molecule has 0 aromatic heterocycles. The van der Waals surface area contributed by atoms with Gasteiger partial charge in [-0.3, -0.25) is 0 Å². The standard InChI is InChI=1S/C16H27NO/c1-5-10-15(17-6-2)13(4)14-11-8-9-12-16(14)18-7-3/h8-9,11-13,15,17H,5-7,10H2,1-4H3. The monoisotopic (exact) mass is 249 g/mol.